The summed E-state index contributed by atoms with van der Waals surface area (Å²) >= 11 is 0. The van der Waals surface area contributed by atoms with Crippen molar-refractivity contribution in [3.63, 3.8) is 0 Å². The van der Waals surface area contributed by atoms with Gasteiger partial charge in [-0.1, -0.05) is 66.3 Å². The zero-order chi connectivity index (χ0) is 18.8. The van der Waals surface area contributed by atoms with Gasteiger partial charge in [0.1, 0.15) is 0 Å². The van der Waals surface area contributed by atoms with Gasteiger partial charge >= 0.3 is 0 Å². The van der Waals surface area contributed by atoms with E-state index in [2.05, 4.69) is 82.7 Å². The molecule has 1 aromatic heterocycles. The first-order valence-electron chi connectivity index (χ1n) is 10.1. The Balaban J connectivity index is 1.49. The van der Waals surface area contributed by atoms with Crippen molar-refractivity contribution in [1.29, 1.82) is 0 Å². The zero-order valence-corrected chi connectivity index (χ0v) is 16.0. The van der Waals surface area contributed by atoms with Crippen LogP contribution in [0.2, 0.25) is 0 Å². The van der Waals surface area contributed by atoms with Gasteiger partial charge < -0.3 is 0 Å². The van der Waals surface area contributed by atoms with Gasteiger partial charge in [0.2, 0.25) is 0 Å². The summed E-state index contributed by atoms with van der Waals surface area (Å²) in [7, 11) is 0. The summed E-state index contributed by atoms with van der Waals surface area (Å²) in [5.41, 5.74) is 9.79. The van der Waals surface area contributed by atoms with Crippen molar-refractivity contribution in [2.75, 3.05) is 13.1 Å². The number of nitrogens with zero attached hydrogens (tertiary/aromatic N) is 2. The Morgan fingerprint density at radius 1 is 0.714 bits per heavy atom. The summed E-state index contributed by atoms with van der Waals surface area (Å²) in [6.07, 6.45) is 10.6. The SMILES string of the molecule is C1=Cc2ccccc2C(=C2CCN(Cc3ccncc3)CC2)c2ccccc21. The lowest BCUT2D eigenvalue weighted by molar-refractivity contribution is 0.248. The first-order valence-corrected chi connectivity index (χ1v) is 10.1. The standard InChI is InChI=1S/C26H24N2/c1-3-7-24-21(5-1)9-10-22-6-2-4-8-25(22)26(24)23-13-17-28(18-14-23)19-20-11-15-27-16-12-20/h1-12,15-16H,13-14,17-19H2. The number of rotatable bonds is 2. The van der Waals surface area contributed by atoms with Crippen LogP contribution in [0.1, 0.15) is 40.7 Å². The second-order valence-corrected chi connectivity index (χ2v) is 7.62. The first kappa shape index (κ1) is 17.2. The number of aromatic nitrogens is 1. The van der Waals surface area contributed by atoms with Crippen molar-refractivity contribution < 1.29 is 0 Å². The lowest BCUT2D eigenvalue weighted by atomic mass is 9.86. The van der Waals surface area contributed by atoms with Crippen molar-refractivity contribution in [3.8, 4) is 0 Å². The molecule has 2 heterocycles. The van der Waals surface area contributed by atoms with Crippen molar-refractivity contribution in [1.82, 2.24) is 9.88 Å². The molecular weight excluding hydrogens is 340 g/mol. The summed E-state index contributed by atoms with van der Waals surface area (Å²) in [5.74, 6) is 0. The van der Waals surface area contributed by atoms with E-state index in [0.717, 1.165) is 32.5 Å². The highest BCUT2D eigenvalue weighted by Gasteiger charge is 2.22. The molecule has 1 saturated heterocycles. The minimum absolute atomic E-state index is 1.01. The molecule has 0 spiro atoms. The molecule has 5 rings (SSSR count). The number of pyridine rings is 1. The van der Waals surface area contributed by atoms with Crippen molar-refractivity contribution in [2.24, 2.45) is 0 Å². The quantitative estimate of drug-likeness (QED) is 0.456. The van der Waals surface area contributed by atoms with Crippen molar-refractivity contribution in [3.05, 3.63) is 106 Å². The maximum atomic E-state index is 4.13. The minimum Gasteiger partial charge on any atom is -0.298 e. The van der Waals surface area contributed by atoms with E-state index in [4.69, 9.17) is 0 Å². The van der Waals surface area contributed by atoms with Crippen LogP contribution in [0.4, 0.5) is 0 Å². The molecule has 0 bridgehead atoms. The average molecular weight is 364 g/mol. The highest BCUT2D eigenvalue weighted by molar-refractivity contribution is 5.94. The molecule has 138 valence electrons. The number of piperidine rings is 1. The average Bonchev–Trinajstić information content (AvgIpc) is 2.92. The van der Waals surface area contributed by atoms with Crippen LogP contribution in [0.25, 0.3) is 17.7 Å². The highest BCUT2D eigenvalue weighted by Crippen LogP contribution is 2.38. The minimum atomic E-state index is 1.01. The monoisotopic (exact) mass is 364 g/mol. The zero-order valence-electron chi connectivity index (χ0n) is 16.0. The second-order valence-electron chi connectivity index (χ2n) is 7.62. The second kappa shape index (κ2) is 7.57. The number of fused-ring (bicyclic) bond motifs is 2. The van der Waals surface area contributed by atoms with Crippen LogP contribution in [0.3, 0.4) is 0 Å². The molecule has 0 atom stereocenters. The summed E-state index contributed by atoms with van der Waals surface area (Å²) in [6, 6.07) is 21.9. The molecule has 0 N–H and O–H groups in total. The maximum absolute atomic E-state index is 4.13. The van der Waals surface area contributed by atoms with Crippen LogP contribution < -0.4 is 0 Å². The van der Waals surface area contributed by atoms with Gasteiger partial charge in [-0.2, -0.15) is 0 Å². The van der Waals surface area contributed by atoms with E-state index in [1.54, 1.807) is 5.57 Å². The normalized spacial score (nSPS) is 16.4. The van der Waals surface area contributed by atoms with E-state index in [0.29, 0.717) is 0 Å². The molecule has 2 aliphatic rings. The Kier molecular flexibility index (Phi) is 4.64. The molecule has 0 saturated carbocycles. The fourth-order valence-electron chi connectivity index (χ4n) is 4.42. The Morgan fingerprint density at radius 3 is 1.89 bits per heavy atom. The van der Waals surface area contributed by atoms with E-state index in [9.17, 15) is 0 Å². The van der Waals surface area contributed by atoms with Crippen LogP contribution in [-0.4, -0.2) is 23.0 Å². The van der Waals surface area contributed by atoms with Gasteiger partial charge in [0.15, 0.2) is 0 Å². The van der Waals surface area contributed by atoms with Gasteiger partial charge in [-0.05, 0) is 58.4 Å². The largest absolute Gasteiger partial charge is 0.298 e. The van der Waals surface area contributed by atoms with Crippen molar-refractivity contribution in [2.45, 2.75) is 19.4 Å². The van der Waals surface area contributed by atoms with Gasteiger partial charge in [-0.3, -0.25) is 9.88 Å². The molecule has 1 fully saturated rings. The Labute approximate surface area is 166 Å². The number of likely N-dealkylation sites (tertiary alicyclic amines) is 1. The Bertz CT molecular complexity index is 985. The lowest BCUT2D eigenvalue weighted by Gasteiger charge is -2.30. The molecule has 2 heteroatoms. The van der Waals surface area contributed by atoms with E-state index in [-0.39, 0.29) is 0 Å². The summed E-state index contributed by atoms with van der Waals surface area (Å²) in [4.78, 5) is 6.69. The molecular formula is C26H24N2. The summed E-state index contributed by atoms with van der Waals surface area (Å²) in [6.45, 7) is 3.23. The highest BCUT2D eigenvalue weighted by atomic mass is 15.1. The van der Waals surface area contributed by atoms with Crippen LogP contribution in [0.15, 0.2) is 78.6 Å². The van der Waals surface area contributed by atoms with Crippen LogP contribution in [-0.2, 0) is 6.54 Å². The smallest absolute Gasteiger partial charge is 0.0271 e. The molecule has 1 aliphatic heterocycles. The molecule has 2 nitrogen and oxygen atoms in total. The number of hydrogen-bond donors (Lipinski definition) is 0. The summed E-state index contributed by atoms with van der Waals surface area (Å²) in [5, 5.41) is 0. The number of hydrogen-bond acceptors (Lipinski definition) is 2. The predicted octanol–water partition coefficient (Wildman–Crippen LogP) is 5.66. The number of benzene rings is 2. The van der Waals surface area contributed by atoms with Gasteiger partial charge in [0.25, 0.3) is 0 Å². The van der Waals surface area contributed by atoms with E-state index < -0.39 is 0 Å². The van der Waals surface area contributed by atoms with E-state index >= 15 is 0 Å². The van der Waals surface area contributed by atoms with Crippen LogP contribution in [0, 0.1) is 0 Å². The molecule has 0 radical (unpaired) electrons. The Morgan fingerprint density at radius 2 is 1.29 bits per heavy atom. The van der Waals surface area contributed by atoms with Gasteiger partial charge in [0, 0.05) is 32.0 Å². The van der Waals surface area contributed by atoms with Crippen molar-refractivity contribution >= 4 is 17.7 Å². The van der Waals surface area contributed by atoms with E-state index in [1.165, 1.54) is 33.4 Å². The maximum Gasteiger partial charge on any atom is 0.0271 e. The molecule has 28 heavy (non-hydrogen) atoms. The Hall–Kier alpha value is -2.97. The molecule has 2 aromatic carbocycles. The molecule has 0 unspecified atom stereocenters. The third kappa shape index (κ3) is 3.32. The fraction of sp³-hybridized carbons (Fsp3) is 0.192. The topological polar surface area (TPSA) is 16.1 Å². The molecule has 1 aliphatic carbocycles. The molecule has 0 amide bonds. The lowest BCUT2D eigenvalue weighted by Crippen LogP contribution is -2.30. The molecule has 3 aromatic rings. The van der Waals surface area contributed by atoms with Gasteiger partial charge in [-0.25, -0.2) is 0 Å². The summed E-state index contributed by atoms with van der Waals surface area (Å²) < 4.78 is 0. The first-order chi connectivity index (χ1) is 13.9. The predicted molar refractivity (Wildman–Crippen MR) is 117 cm³/mol. The fourth-order valence-corrected chi connectivity index (χ4v) is 4.42. The van der Waals surface area contributed by atoms with Gasteiger partial charge in [-0.15, -0.1) is 0 Å². The van der Waals surface area contributed by atoms with Crippen LogP contribution in [0.5, 0.6) is 0 Å². The third-order valence-electron chi connectivity index (χ3n) is 5.87. The van der Waals surface area contributed by atoms with Gasteiger partial charge in [0.05, 0.1) is 0 Å². The third-order valence-corrected chi connectivity index (χ3v) is 5.87. The van der Waals surface area contributed by atoms with Crippen LogP contribution >= 0.6 is 0 Å². The van der Waals surface area contributed by atoms with E-state index in [1.807, 2.05) is 12.4 Å².